The number of carbonyl (C=O) groups is 3. The zero-order chi connectivity index (χ0) is 28.9. The maximum atomic E-state index is 13.3. The summed E-state index contributed by atoms with van der Waals surface area (Å²) >= 11 is 1.37. The molecule has 10 heteroatoms. The number of anilines is 2. The number of halogens is 2. The molecule has 4 rings (SSSR count). The lowest BCUT2D eigenvalue weighted by Gasteiger charge is -2.31. The van der Waals surface area contributed by atoms with Gasteiger partial charge in [0.05, 0.1) is 12.1 Å². The van der Waals surface area contributed by atoms with E-state index in [4.69, 9.17) is 4.74 Å². The molecule has 2 N–H and O–H groups in total. The van der Waals surface area contributed by atoms with E-state index in [1.165, 1.54) is 35.6 Å². The number of nitrogens with zero attached hydrogens (tertiary/aromatic N) is 1. The third-order valence-electron chi connectivity index (χ3n) is 6.90. The molecule has 2 amide bonds. The second-order valence-electron chi connectivity index (χ2n) is 10.3. The highest BCUT2D eigenvalue weighted by molar-refractivity contribution is 7.16. The van der Waals surface area contributed by atoms with Crippen LogP contribution in [0.4, 0.5) is 24.3 Å². The molecule has 1 aromatic heterocycles. The Morgan fingerprint density at radius 1 is 1.07 bits per heavy atom. The van der Waals surface area contributed by atoms with E-state index in [0.717, 1.165) is 41.6 Å². The first-order chi connectivity index (χ1) is 19.1. The number of hydrogen-bond donors (Lipinski definition) is 2. The molecular formula is C30H33F2N3O4S. The number of aryl methyl sites for hydroxylation is 2. The number of carbonyl (C=O) groups excluding carboxylic acids is 3. The van der Waals surface area contributed by atoms with Gasteiger partial charge in [0.15, 0.2) is 5.60 Å². The van der Waals surface area contributed by atoms with Gasteiger partial charge in [-0.25, -0.2) is 13.6 Å². The topological polar surface area (TPSA) is 87.7 Å². The first kappa shape index (κ1) is 29.2. The van der Waals surface area contributed by atoms with Crippen molar-refractivity contribution in [1.29, 1.82) is 0 Å². The second kappa shape index (κ2) is 12.6. The van der Waals surface area contributed by atoms with E-state index >= 15 is 0 Å². The Morgan fingerprint density at radius 3 is 2.27 bits per heavy atom. The van der Waals surface area contributed by atoms with Gasteiger partial charge in [-0.2, -0.15) is 0 Å². The average molecular weight is 570 g/mol. The fraction of sp³-hybridized carbons (Fsp3) is 0.367. The lowest BCUT2D eigenvalue weighted by molar-refractivity contribution is -0.0871. The Kier molecular flexibility index (Phi) is 9.19. The van der Waals surface area contributed by atoms with Crippen molar-refractivity contribution in [2.45, 2.75) is 58.1 Å². The standard InChI is InChI=1S/C30H33F2N3O4S/c1-30(2,28(31)32)39-29(38)35-16-15-23-24(17-35)40-27(33-3)25(23)26(37)34-22-13-11-20(12-14-22)6-4-5-19-7-9-21(18-36)10-8-19/h7-14,18,28,33H,4-6,15-17H2,1-3H3,(H,34,37). The van der Waals surface area contributed by atoms with E-state index in [1.54, 1.807) is 7.05 Å². The van der Waals surface area contributed by atoms with Crippen LogP contribution in [0.2, 0.25) is 0 Å². The number of alkyl halides is 2. The fourth-order valence-corrected chi connectivity index (χ4v) is 5.73. The molecule has 0 saturated heterocycles. The van der Waals surface area contributed by atoms with Crippen LogP contribution >= 0.6 is 11.3 Å². The van der Waals surface area contributed by atoms with Gasteiger partial charge in [-0.05, 0) is 68.4 Å². The Hall–Kier alpha value is -3.79. The summed E-state index contributed by atoms with van der Waals surface area (Å²) in [5, 5.41) is 6.74. The monoisotopic (exact) mass is 569 g/mol. The summed E-state index contributed by atoms with van der Waals surface area (Å²) in [4.78, 5) is 38.8. The zero-order valence-corrected chi connectivity index (χ0v) is 23.6. The summed E-state index contributed by atoms with van der Waals surface area (Å²) < 4.78 is 31.4. The number of amides is 2. The molecule has 3 aromatic rings. The Balaban J connectivity index is 1.36. The van der Waals surface area contributed by atoms with Gasteiger partial charge < -0.3 is 20.3 Å². The van der Waals surface area contributed by atoms with Crippen LogP contribution in [-0.2, 0) is 30.5 Å². The van der Waals surface area contributed by atoms with Crippen molar-refractivity contribution in [3.63, 3.8) is 0 Å². The summed E-state index contributed by atoms with van der Waals surface area (Å²) in [6.07, 6.45) is 0.418. The Bertz CT molecular complexity index is 1350. The van der Waals surface area contributed by atoms with E-state index in [0.29, 0.717) is 28.2 Å². The number of fused-ring (bicyclic) bond motifs is 1. The van der Waals surface area contributed by atoms with Crippen molar-refractivity contribution in [1.82, 2.24) is 4.90 Å². The third-order valence-corrected chi connectivity index (χ3v) is 8.14. The molecule has 40 heavy (non-hydrogen) atoms. The van der Waals surface area contributed by atoms with Crippen LogP contribution in [0.25, 0.3) is 0 Å². The minimum atomic E-state index is -2.80. The predicted molar refractivity (Wildman–Crippen MR) is 153 cm³/mol. The summed E-state index contributed by atoms with van der Waals surface area (Å²) in [6.45, 7) is 2.82. The molecule has 1 aliphatic heterocycles. The van der Waals surface area contributed by atoms with Gasteiger partial charge in [0, 0.05) is 29.7 Å². The lowest BCUT2D eigenvalue weighted by atomic mass is 10.0. The van der Waals surface area contributed by atoms with Gasteiger partial charge in [-0.3, -0.25) is 9.59 Å². The van der Waals surface area contributed by atoms with Crippen LogP contribution < -0.4 is 10.6 Å². The molecule has 0 saturated carbocycles. The maximum Gasteiger partial charge on any atom is 0.410 e. The van der Waals surface area contributed by atoms with Crippen molar-refractivity contribution in [3.05, 3.63) is 81.2 Å². The van der Waals surface area contributed by atoms with Crippen LogP contribution in [0, 0.1) is 0 Å². The Morgan fingerprint density at radius 2 is 1.70 bits per heavy atom. The molecule has 1 aliphatic rings. The highest BCUT2D eigenvalue weighted by Gasteiger charge is 2.37. The lowest BCUT2D eigenvalue weighted by Crippen LogP contribution is -2.43. The Labute approximate surface area is 236 Å². The second-order valence-corrected chi connectivity index (χ2v) is 11.4. The van der Waals surface area contributed by atoms with Crippen molar-refractivity contribution in [2.75, 3.05) is 24.2 Å². The predicted octanol–water partition coefficient (Wildman–Crippen LogP) is 6.57. The van der Waals surface area contributed by atoms with Crippen LogP contribution in [0.3, 0.4) is 0 Å². The molecule has 0 unspecified atom stereocenters. The number of ether oxygens (including phenoxy) is 1. The van der Waals surface area contributed by atoms with Crippen molar-refractivity contribution >= 4 is 40.3 Å². The SMILES string of the molecule is CNc1sc2c(c1C(=O)Nc1ccc(CCCc3ccc(C=O)cc3)cc1)CCN(C(=O)OC(C)(C)C(F)F)C2. The number of rotatable bonds is 10. The van der Waals surface area contributed by atoms with Crippen LogP contribution in [0.15, 0.2) is 48.5 Å². The number of nitrogens with one attached hydrogen (secondary N) is 2. The van der Waals surface area contributed by atoms with Gasteiger partial charge in [0.2, 0.25) is 0 Å². The van der Waals surface area contributed by atoms with Crippen molar-refractivity contribution in [3.8, 4) is 0 Å². The summed E-state index contributed by atoms with van der Waals surface area (Å²) in [7, 11) is 1.73. The highest BCUT2D eigenvalue weighted by Crippen LogP contribution is 2.38. The first-order valence-corrected chi connectivity index (χ1v) is 14.0. The molecule has 0 bridgehead atoms. The van der Waals surface area contributed by atoms with E-state index in [2.05, 4.69) is 10.6 Å². The molecule has 0 aliphatic carbocycles. The zero-order valence-electron chi connectivity index (χ0n) is 22.8. The molecule has 2 aromatic carbocycles. The molecule has 7 nitrogen and oxygen atoms in total. The molecule has 0 spiro atoms. The normalized spacial score (nSPS) is 13.1. The smallest absolute Gasteiger partial charge is 0.410 e. The average Bonchev–Trinajstić information content (AvgIpc) is 3.32. The first-order valence-electron chi connectivity index (χ1n) is 13.1. The minimum Gasteiger partial charge on any atom is -0.437 e. The third kappa shape index (κ3) is 6.85. The van der Waals surface area contributed by atoms with Crippen LogP contribution in [0.5, 0.6) is 0 Å². The van der Waals surface area contributed by atoms with E-state index in [9.17, 15) is 23.2 Å². The van der Waals surface area contributed by atoms with Gasteiger partial charge in [0.1, 0.15) is 11.3 Å². The van der Waals surface area contributed by atoms with Crippen molar-refractivity contribution in [2.24, 2.45) is 0 Å². The summed E-state index contributed by atoms with van der Waals surface area (Å²) in [5.41, 5.74) is 3.20. The van der Waals surface area contributed by atoms with E-state index in [-0.39, 0.29) is 19.0 Å². The highest BCUT2D eigenvalue weighted by atomic mass is 32.1. The number of benzene rings is 2. The quantitative estimate of drug-likeness (QED) is 0.270. The van der Waals surface area contributed by atoms with Gasteiger partial charge in [-0.15, -0.1) is 11.3 Å². The van der Waals surface area contributed by atoms with E-state index in [1.807, 2.05) is 48.5 Å². The number of hydrogen-bond acceptors (Lipinski definition) is 6. The fourth-order valence-electron chi connectivity index (χ4n) is 4.52. The largest absolute Gasteiger partial charge is 0.437 e. The summed E-state index contributed by atoms with van der Waals surface area (Å²) in [5.74, 6) is -0.247. The summed E-state index contributed by atoms with van der Waals surface area (Å²) in [6, 6.07) is 15.4. The van der Waals surface area contributed by atoms with E-state index < -0.39 is 18.1 Å². The molecule has 0 atom stereocenters. The van der Waals surface area contributed by atoms with Gasteiger partial charge in [0.25, 0.3) is 12.3 Å². The molecule has 0 fully saturated rings. The molecular weight excluding hydrogens is 536 g/mol. The van der Waals surface area contributed by atoms with Crippen LogP contribution in [-0.4, -0.2) is 48.8 Å². The molecule has 0 radical (unpaired) electrons. The van der Waals surface area contributed by atoms with Crippen LogP contribution in [0.1, 0.15) is 62.6 Å². The number of thiophene rings is 1. The van der Waals surface area contributed by atoms with Gasteiger partial charge in [-0.1, -0.05) is 36.4 Å². The maximum absolute atomic E-state index is 13.3. The molecule has 2 heterocycles. The van der Waals surface area contributed by atoms with Crippen molar-refractivity contribution < 1.29 is 27.9 Å². The number of aldehydes is 1. The van der Waals surface area contributed by atoms with Gasteiger partial charge >= 0.3 is 6.09 Å². The minimum absolute atomic E-state index is 0.191. The molecule has 212 valence electrons.